The van der Waals surface area contributed by atoms with Crippen LogP contribution in [0.4, 0.5) is 0 Å². The Hall–Kier alpha value is -2.67. The number of hydrogen-bond acceptors (Lipinski definition) is 5. The molecular formula is C27H35N3O3. The van der Waals surface area contributed by atoms with Crippen molar-refractivity contribution in [1.29, 1.82) is 0 Å². The Balaban J connectivity index is 1.63. The van der Waals surface area contributed by atoms with Gasteiger partial charge in [0.05, 0.1) is 35.8 Å². The second-order valence-electron chi connectivity index (χ2n) is 9.23. The van der Waals surface area contributed by atoms with Crippen LogP contribution in [0.2, 0.25) is 0 Å². The molecule has 1 aromatic heterocycles. The van der Waals surface area contributed by atoms with Crippen LogP contribution in [0, 0.1) is 13.8 Å². The number of aliphatic hydroxyl groups is 1. The molecule has 0 aliphatic heterocycles. The summed E-state index contributed by atoms with van der Waals surface area (Å²) < 4.78 is 14.0. The van der Waals surface area contributed by atoms with E-state index in [-0.39, 0.29) is 6.10 Å². The molecule has 1 aliphatic carbocycles. The van der Waals surface area contributed by atoms with Gasteiger partial charge >= 0.3 is 0 Å². The van der Waals surface area contributed by atoms with E-state index in [1.165, 1.54) is 5.56 Å². The van der Waals surface area contributed by atoms with Gasteiger partial charge in [0, 0.05) is 19.1 Å². The number of hydrogen-bond donors (Lipinski definition) is 1. The summed E-state index contributed by atoms with van der Waals surface area (Å²) in [5.74, 6) is 1.50. The zero-order chi connectivity index (χ0) is 23.4. The minimum absolute atomic E-state index is 0.106. The van der Waals surface area contributed by atoms with Crippen LogP contribution < -0.4 is 4.74 Å². The van der Waals surface area contributed by atoms with Crippen LogP contribution in [0.3, 0.4) is 0 Å². The Labute approximate surface area is 196 Å². The molecule has 0 spiro atoms. The molecule has 0 radical (unpaired) electrons. The number of nitrogens with zero attached hydrogens (tertiary/aromatic N) is 3. The van der Waals surface area contributed by atoms with Crippen LogP contribution in [0.1, 0.15) is 43.5 Å². The summed E-state index contributed by atoms with van der Waals surface area (Å²) in [5, 5.41) is 15.4. The molecule has 1 N–H and O–H groups in total. The standard InChI is InChI=1S/C27H35N3O3/c1-19(2)32-18-24(31)16-29(22-12-13-22)17-26-21(4)28-30(23-8-6-5-7-9-23)27(26)33-25-14-10-20(3)11-15-25/h5-11,14-15,19,22,24,31H,12-13,16-18H2,1-4H3/t24-/m1/s1. The first-order chi connectivity index (χ1) is 15.9. The highest BCUT2D eigenvalue weighted by Crippen LogP contribution is 2.35. The van der Waals surface area contributed by atoms with E-state index in [9.17, 15) is 5.11 Å². The topological polar surface area (TPSA) is 59.8 Å². The van der Waals surface area contributed by atoms with E-state index in [2.05, 4.69) is 11.8 Å². The average Bonchev–Trinajstić information content (AvgIpc) is 3.60. The number of ether oxygens (including phenoxy) is 2. The molecule has 0 saturated heterocycles. The second-order valence-corrected chi connectivity index (χ2v) is 9.23. The van der Waals surface area contributed by atoms with E-state index in [4.69, 9.17) is 14.6 Å². The molecule has 3 aromatic rings. The molecule has 2 aromatic carbocycles. The number of aromatic nitrogens is 2. The van der Waals surface area contributed by atoms with E-state index in [1.807, 2.05) is 80.1 Å². The van der Waals surface area contributed by atoms with Gasteiger partial charge in [-0.1, -0.05) is 35.9 Å². The van der Waals surface area contributed by atoms with Crippen molar-refractivity contribution < 1.29 is 14.6 Å². The first kappa shape index (κ1) is 23.5. The van der Waals surface area contributed by atoms with Gasteiger partial charge in [0.25, 0.3) is 0 Å². The van der Waals surface area contributed by atoms with Crippen molar-refractivity contribution >= 4 is 0 Å². The van der Waals surface area contributed by atoms with Gasteiger partial charge in [-0.25, -0.2) is 4.68 Å². The van der Waals surface area contributed by atoms with Gasteiger partial charge in [-0.05, 0) is 64.8 Å². The molecule has 6 nitrogen and oxygen atoms in total. The highest BCUT2D eigenvalue weighted by atomic mass is 16.5. The zero-order valence-corrected chi connectivity index (χ0v) is 20.1. The molecule has 1 heterocycles. The Bertz CT molecular complexity index is 1030. The summed E-state index contributed by atoms with van der Waals surface area (Å²) in [6.45, 7) is 9.65. The minimum atomic E-state index is -0.529. The minimum Gasteiger partial charge on any atom is -0.439 e. The van der Waals surface area contributed by atoms with Crippen molar-refractivity contribution in [2.24, 2.45) is 0 Å². The average molecular weight is 450 g/mol. The van der Waals surface area contributed by atoms with Gasteiger partial charge < -0.3 is 14.6 Å². The zero-order valence-electron chi connectivity index (χ0n) is 20.1. The van der Waals surface area contributed by atoms with Crippen molar-refractivity contribution in [1.82, 2.24) is 14.7 Å². The van der Waals surface area contributed by atoms with E-state index in [0.717, 1.165) is 41.4 Å². The predicted molar refractivity (Wildman–Crippen MR) is 130 cm³/mol. The molecular weight excluding hydrogens is 414 g/mol. The van der Waals surface area contributed by atoms with Gasteiger partial charge in [-0.2, -0.15) is 5.10 Å². The lowest BCUT2D eigenvalue weighted by atomic mass is 10.2. The fourth-order valence-electron chi connectivity index (χ4n) is 3.90. The molecule has 33 heavy (non-hydrogen) atoms. The lowest BCUT2D eigenvalue weighted by molar-refractivity contribution is -0.0107. The van der Waals surface area contributed by atoms with Gasteiger partial charge in [0.15, 0.2) is 0 Å². The maximum Gasteiger partial charge on any atom is 0.227 e. The third-order valence-electron chi connectivity index (χ3n) is 5.87. The van der Waals surface area contributed by atoms with Crippen LogP contribution in [-0.4, -0.2) is 51.2 Å². The normalized spacial score (nSPS) is 14.8. The molecule has 176 valence electrons. The number of benzene rings is 2. The van der Waals surface area contributed by atoms with Crippen LogP contribution in [0.5, 0.6) is 11.6 Å². The van der Waals surface area contributed by atoms with Crippen LogP contribution in [-0.2, 0) is 11.3 Å². The number of rotatable bonds is 11. The third-order valence-corrected chi connectivity index (χ3v) is 5.87. The Morgan fingerprint density at radius 3 is 2.39 bits per heavy atom. The fourth-order valence-corrected chi connectivity index (χ4v) is 3.90. The summed E-state index contributed by atoms with van der Waals surface area (Å²) in [5.41, 5.74) is 4.12. The number of aryl methyl sites for hydroxylation is 2. The smallest absolute Gasteiger partial charge is 0.227 e. The van der Waals surface area contributed by atoms with Gasteiger partial charge in [0.1, 0.15) is 5.75 Å². The molecule has 0 bridgehead atoms. The first-order valence-corrected chi connectivity index (χ1v) is 11.8. The molecule has 0 unspecified atom stereocenters. The molecule has 6 heteroatoms. The highest BCUT2D eigenvalue weighted by molar-refractivity contribution is 5.43. The lowest BCUT2D eigenvalue weighted by Crippen LogP contribution is -2.36. The highest BCUT2D eigenvalue weighted by Gasteiger charge is 2.32. The SMILES string of the molecule is Cc1ccc(Oc2c(CN(C[C@@H](O)COC(C)C)C3CC3)c(C)nn2-c2ccccc2)cc1. The molecule has 4 rings (SSSR count). The van der Waals surface area contributed by atoms with Gasteiger partial charge in [0.2, 0.25) is 5.88 Å². The number of para-hydroxylation sites is 1. The lowest BCUT2D eigenvalue weighted by Gasteiger charge is -2.25. The maximum atomic E-state index is 10.6. The van der Waals surface area contributed by atoms with Crippen molar-refractivity contribution in [2.45, 2.75) is 65.3 Å². The van der Waals surface area contributed by atoms with Crippen molar-refractivity contribution in [2.75, 3.05) is 13.2 Å². The Kier molecular flexibility index (Phi) is 7.48. The molecule has 1 saturated carbocycles. The van der Waals surface area contributed by atoms with E-state index in [1.54, 1.807) is 0 Å². The Morgan fingerprint density at radius 2 is 1.76 bits per heavy atom. The van der Waals surface area contributed by atoms with Crippen LogP contribution in [0.15, 0.2) is 54.6 Å². The summed E-state index contributed by atoms with van der Waals surface area (Å²) in [7, 11) is 0. The molecule has 1 aliphatic rings. The monoisotopic (exact) mass is 449 g/mol. The van der Waals surface area contributed by atoms with Crippen molar-refractivity contribution in [3.63, 3.8) is 0 Å². The number of aliphatic hydroxyl groups excluding tert-OH is 1. The summed E-state index contributed by atoms with van der Waals surface area (Å²) >= 11 is 0. The quantitative estimate of drug-likeness (QED) is 0.445. The largest absolute Gasteiger partial charge is 0.439 e. The Morgan fingerprint density at radius 1 is 1.06 bits per heavy atom. The first-order valence-electron chi connectivity index (χ1n) is 11.8. The van der Waals surface area contributed by atoms with Crippen LogP contribution >= 0.6 is 0 Å². The van der Waals surface area contributed by atoms with E-state index < -0.39 is 6.10 Å². The fraction of sp³-hybridized carbons (Fsp3) is 0.444. The van der Waals surface area contributed by atoms with E-state index in [0.29, 0.717) is 25.7 Å². The van der Waals surface area contributed by atoms with Crippen LogP contribution in [0.25, 0.3) is 5.69 Å². The van der Waals surface area contributed by atoms with Gasteiger partial charge in [-0.3, -0.25) is 4.90 Å². The van der Waals surface area contributed by atoms with Crippen molar-refractivity contribution in [3.8, 4) is 17.3 Å². The van der Waals surface area contributed by atoms with Crippen molar-refractivity contribution in [3.05, 3.63) is 71.4 Å². The third kappa shape index (κ3) is 6.22. The molecule has 1 fully saturated rings. The van der Waals surface area contributed by atoms with E-state index >= 15 is 0 Å². The predicted octanol–water partition coefficient (Wildman–Crippen LogP) is 5.03. The molecule has 1 atom stereocenters. The summed E-state index contributed by atoms with van der Waals surface area (Å²) in [6.07, 6.45) is 1.88. The van der Waals surface area contributed by atoms with Gasteiger partial charge in [-0.15, -0.1) is 0 Å². The maximum absolute atomic E-state index is 10.6. The summed E-state index contributed by atoms with van der Waals surface area (Å²) in [6, 6.07) is 18.6. The summed E-state index contributed by atoms with van der Waals surface area (Å²) in [4.78, 5) is 2.34. The second kappa shape index (κ2) is 10.5. The molecule has 0 amide bonds.